The van der Waals surface area contributed by atoms with Crippen LogP contribution in [-0.4, -0.2) is 30.8 Å². The Bertz CT molecular complexity index is 183. The van der Waals surface area contributed by atoms with Gasteiger partial charge in [0.05, 0.1) is 6.61 Å². The van der Waals surface area contributed by atoms with Gasteiger partial charge in [0.25, 0.3) is 0 Å². The van der Waals surface area contributed by atoms with Gasteiger partial charge in [0.15, 0.2) is 0 Å². The number of aliphatic hydroxyl groups is 1. The summed E-state index contributed by atoms with van der Waals surface area (Å²) in [5, 5.41) is 15.0. The van der Waals surface area contributed by atoms with Crippen LogP contribution in [0.4, 0.5) is 4.79 Å². The van der Waals surface area contributed by atoms with Crippen molar-refractivity contribution in [1.82, 2.24) is 10.6 Å². The monoisotopic (exact) mass is 230 g/mol. The molecule has 0 rings (SSSR count). The third-order valence-corrected chi connectivity index (χ3v) is 3.28. The highest BCUT2D eigenvalue weighted by atomic mass is 16.3. The van der Waals surface area contributed by atoms with Gasteiger partial charge in [-0.3, -0.25) is 0 Å². The van der Waals surface area contributed by atoms with Crippen LogP contribution in [0.3, 0.4) is 0 Å². The average molecular weight is 230 g/mol. The molecule has 0 atom stereocenters. The third kappa shape index (κ3) is 5.35. The van der Waals surface area contributed by atoms with Gasteiger partial charge < -0.3 is 15.7 Å². The SMILES string of the molecule is CCCCNC(=O)NCC(CC)(CC)CO. The number of nitrogens with one attached hydrogen (secondary N) is 2. The summed E-state index contributed by atoms with van der Waals surface area (Å²) in [5.74, 6) is 0. The Hall–Kier alpha value is -0.770. The largest absolute Gasteiger partial charge is 0.396 e. The minimum atomic E-state index is -0.165. The highest BCUT2D eigenvalue weighted by Gasteiger charge is 2.25. The highest BCUT2D eigenvalue weighted by molar-refractivity contribution is 5.73. The lowest BCUT2D eigenvalue weighted by atomic mass is 9.83. The summed E-state index contributed by atoms with van der Waals surface area (Å²) in [6.45, 7) is 7.54. The molecule has 0 aliphatic rings. The van der Waals surface area contributed by atoms with Crippen LogP contribution in [-0.2, 0) is 0 Å². The van der Waals surface area contributed by atoms with Gasteiger partial charge in [-0.05, 0) is 19.3 Å². The number of carbonyl (C=O) groups excluding carboxylic acids is 1. The number of aliphatic hydroxyl groups excluding tert-OH is 1. The first kappa shape index (κ1) is 15.2. The van der Waals surface area contributed by atoms with E-state index in [-0.39, 0.29) is 18.1 Å². The van der Waals surface area contributed by atoms with Gasteiger partial charge in [0.1, 0.15) is 0 Å². The van der Waals surface area contributed by atoms with E-state index in [2.05, 4.69) is 17.6 Å². The second-order valence-corrected chi connectivity index (χ2v) is 4.33. The summed E-state index contributed by atoms with van der Waals surface area (Å²) in [5.41, 5.74) is -0.165. The first-order chi connectivity index (χ1) is 7.64. The first-order valence-electron chi connectivity index (χ1n) is 6.26. The highest BCUT2D eigenvalue weighted by Crippen LogP contribution is 2.24. The van der Waals surface area contributed by atoms with Gasteiger partial charge in [-0.15, -0.1) is 0 Å². The van der Waals surface area contributed by atoms with E-state index in [0.29, 0.717) is 13.1 Å². The van der Waals surface area contributed by atoms with Crippen molar-refractivity contribution in [2.24, 2.45) is 5.41 Å². The molecule has 4 nitrogen and oxygen atoms in total. The van der Waals surface area contributed by atoms with E-state index in [9.17, 15) is 9.90 Å². The summed E-state index contributed by atoms with van der Waals surface area (Å²) in [4.78, 5) is 11.4. The van der Waals surface area contributed by atoms with E-state index in [1.165, 1.54) is 0 Å². The smallest absolute Gasteiger partial charge is 0.314 e. The van der Waals surface area contributed by atoms with Crippen LogP contribution in [0.1, 0.15) is 46.5 Å². The summed E-state index contributed by atoms with van der Waals surface area (Å²) in [6, 6.07) is -0.131. The molecule has 0 aliphatic carbocycles. The lowest BCUT2D eigenvalue weighted by Crippen LogP contribution is -2.44. The number of amides is 2. The quantitative estimate of drug-likeness (QED) is 0.558. The van der Waals surface area contributed by atoms with E-state index >= 15 is 0 Å². The van der Waals surface area contributed by atoms with E-state index in [1.54, 1.807) is 0 Å². The van der Waals surface area contributed by atoms with E-state index in [1.807, 2.05) is 13.8 Å². The molecule has 0 saturated heterocycles. The molecular formula is C12H26N2O2. The van der Waals surface area contributed by atoms with Crippen molar-refractivity contribution in [3.05, 3.63) is 0 Å². The molecule has 0 saturated carbocycles. The van der Waals surface area contributed by atoms with E-state index < -0.39 is 0 Å². The maximum atomic E-state index is 11.4. The third-order valence-electron chi connectivity index (χ3n) is 3.28. The summed E-state index contributed by atoms with van der Waals surface area (Å²) in [6.07, 6.45) is 3.81. The van der Waals surface area contributed by atoms with Gasteiger partial charge in [-0.2, -0.15) is 0 Å². The number of carbonyl (C=O) groups is 1. The molecule has 96 valence electrons. The Balaban J connectivity index is 3.87. The molecule has 4 heteroatoms. The number of rotatable bonds is 8. The van der Waals surface area contributed by atoms with Crippen LogP contribution in [0, 0.1) is 5.41 Å². The summed E-state index contributed by atoms with van der Waals surface area (Å²) in [7, 11) is 0. The lowest BCUT2D eigenvalue weighted by molar-refractivity contribution is 0.115. The Labute approximate surface area is 98.8 Å². The van der Waals surface area contributed by atoms with Crippen molar-refractivity contribution in [2.45, 2.75) is 46.5 Å². The van der Waals surface area contributed by atoms with Crippen molar-refractivity contribution in [2.75, 3.05) is 19.7 Å². The van der Waals surface area contributed by atoms with Crippen molar-refractivity contribution in [1.29, 1.82) is 0 Å². The summed E-state index contributed by atoms with van der Waals surface area (Å²) < 4.78 is 0. The van der Waals surface area contributed by atoms with Crippen molar-refractivity contribution >= 4 is 6.03 Å². The van der Waals surface area contributed by atoms with Crippen LogP contribution in [0.15, 0.2) is 0 Å². The molecule has 0 radical (unpaired) electrons. The fourth-order valence-electron chi connectivity index (χ4n) is 1.49. The molecule has 0 unspecified atom stereocenters. The van der Waals surface area contributed by atoms with Crippen LogP contribution in [0.2, 0.25) is 0 Å². The predicted molar refractivity (Wildman–Crippen MR) is 66.4 cm³/mol. The Morgan fingerprint density at radius 2 is 1.81 bits per heavy atom. The van der Waals surface area contributed by atoms with Crippen LogP contribution >= 0.6 is 0 Å². The minimum absolute atomic E-state index is 0.120. The van der Waals surface area contributed by atoms with Gasteiger partial charge in [-0.25, -0.2) is 4.79 Å². The molecule has 0 spiro atoms. The van der Waals surface area contributed by atoms with E-state index in [4.69, 9.17) is 0 Å². The van der Waals surface area contributed by atoms with Gasteiger partial charge >= 0.3 is 6.03 Å². The number of urea groups is 1. The second-order valence-electron chi connectivity index (χ2n) is 4.33. The Morgan fingerprint density at radius 3 is 2.25 bits per heavy atom. The van der Waals surface area contributed by atoms with E-state index in [0.717, 1.165) is 25.7 Å². The fraction of sp³-hybridized carbons (Fsp3) is 0.917. The second kappa shape index (κ2) is 8.39. The molecule has 3 N–H and O–H groups in total. The molecule has 0 aromatic carbocycles. The van der Waals surface area contributed by atoms with Crippen molar-refractivity contribution in [3.8, 4) is 0 Å². The molecule has 0 aromatic heterocycles. The molecule has 0 aliphatic heterocycles. The molecular weight excluding hydrogens is 204 g/mol. The topological polar surface area (TPSA) is 61.4 Å². The van der Waals surface area contributed by atoms with Crippen LogP contribution < -0.4 is 10.6 Å². The zero-order chi connectivity index (χ0) is 12.4. The number of hydrogen-bond acceptors (Lipinski definition) is 2. The Kier molecular flexibility index (Phi) is 7.99. The number of unbranched alkanes of at least 4 members (excludes halogenated alkanes) is 1. The van der Waals surface area contributed by atoms with Crippen molar-refractivity contribution < 1.29 is 9.90 Å². The lowest BCUT2D eigenvalue weighted by Gasteiger charge is -2.29. The summed E-state index contributed by atoms with van der Waals surface area (Å²) >= 11 is 0. The normalized spacial score (nSPS) is 11.2. The van der Waals surface area contributed by atoms with Gasteiger partial charge in [0, 0.05) is 18.5 Å². The first-order valence-corrected chi connectivity index (χ1v) is 6.26. The predicted octanol–water partition coefficient (Wildman–Crippen LogP) is 1.88. The standard InChI is InChI=1S/C12H26N2O2/c1-4-7-8-13-11(16)14-9-12(5-2,6-3)10-15/h15H,4-10H2,1-3H3,(H2,13,14,16). The number of hydrogen-bond donors (Lipinski definition) is 3. The molecule has 2 amide bonds. The zero-order valence-corrected chi connectivity index (χ0v) is 10.8. The van der Waals surface area contributed by atoms with Gasteiger partial charge in [0.2, 0.25) is 0 Å². The maximum Gasteiger partial charge on any atom is 0.314 e. The van der Waals surface area contributed by atoms with Gasteiger partial charge in [-0.1, -0.05) is 27.2 Å². The van der Waals surface area contributed by atoms with Crippen LogP contribution in [0.25, 0.3) is 0 Å². The fourth-order valence-corrected chi connectivity index (χ4v) is 1.49. The average Bonchev–Trinajstić information content (AvgIpc) is 2.32. The van der Waals surface area contributed by atoms with Crippen LogP contribution in [0.5, 0.6) is 0 Å². The maximum absolute atomic E-state index is 11.4. The molecule has 16 heavy (non-hydrogen) atoms. The molecule has 0 heterocycles. The zero-order valence-electron chi connectivity index (χ0n) is 10.8. The molecule has 0 fully saturated rings. The molecule has 0 aromatic rings. The minimum Gasteiger partial charge on any atom is -0.396 e. The molecule has 0 bridgehead atoms. The van der Waals surface area contributed by atoms with Crippen molar-refractivity contribution in [3.63, 3.8) is 0 Å². The Morgan fingerprint density at radius 1 is 1.19 bits per heavy atom.